The van der Waals surface area contributed by atoms with E-state index in [-0.39, 0.29) is 0 Å². The first-order valence-electron chi connectivity index (χ1n) is 5.43. The van der Waals surface area contributed by atoms with Crippen LogP contribution in [0.2, 0.25) is 0 Å². The summed E-state index contributed by atoms with van der Waals surface area (Å²) >= 11 is 0. The Labute approximate surface area is 86.5 Å². The Morgan fingerprint density at radius 3 is 2.93 bits per heavy atom. The molecule has 80 valence electrons. The largest absolute Gasteiger partial charge is 0.334 e. The van der Waals surface area contributed by atoms with Gasteiger partial charge in [-0.05, 0) is 25.8 Å². The Morgan fingerprint density at radius 1 is 1.50 bits per heavy atom. The third-order valence-corrected chi connectivity index (χ3v) is 2.34. The van der Waals surface area contributed by atoms with Crippen LogP contribution in [0, 0.1) is 5.92 Å². The molecule has 0 unspecified atom stereocenters. The van der Waals surface area contributed by atoms with E-state index in [4.69, 9.17) is 0 Å². The maximum atomic E-state index is 4.13. The molecule has 1 heterocycles. The summed E-state index contributed by atoms with van der Waals surface area (Å²) in [5, 5.41) is 3.43. The Bertz CT molecular complexity index is 253. The summed E-state index contributed by atoms with van der Waals surface area (Å²) in [4.78, 5) is 4.13. The summed E-state index contributed by atoms with van der Waals surface area (Å²) in [6, 6.07) is 0. The second-order valence-corrected chi connectivity index (χ2v) is 4.03. The zero-order chi connectivity index (χ0) is 10.4. The number of imidazole rings is 1. The second-order valence-electron chi connectivity index (χ2n) is 4.03. The van der Waals surface area contributed by atoms with Gasteiger partial charge in [0.05, 0.1) is 12.0 Å². The first kappa shape index (κ1) is 11.2. The van der Waals surface area contributed by atoms with Crippen LogP contribution in [0.3, 0.4) is 0 Å². The molecule has 0 spiro atoms. The quantitative estimate of drug-likeness (QED) is 0.704. The molecule has 0 amide bonds. The molecule has 0 aliphatic heterocycles. The fourth-order valence-electron chi connectivity index (χ4n) is 1.39. The van der Waals surface area contributed by atoms with Gasteiger partial charge in [-0.1, -0.05) is 13.8 Å². The summed E-state index contributed by atoms with van der Waals surface area (Å²) in [6.45, 7) is 9.66. The van der Waals surface area contributed by atoms with Crippen molar-refractivity contribution in [2.24, 2.45) is 5.92 Å². The van der Waals surface area contributed by atoms with Crippen LogP contribution in [0.4, 0.5) is 0 Å². The Hall–Kier alpha value is -0.830. The standard InChI is InChI=1S/C11H21N3/c1-4-14-9-13-8-11(14)7-12-6-5-10(2)3/h8-10,12H,4-7H2,1-3H3. The average molecular weight is 195 g/mol. The molecule has 1 N–H and O–H groups in total. The van der Waals surface area contributed by atoms with Gasteiger partial charge in [-0.3, -0.25) is 0 Å². The van der Waals surface area contributed by atoms with Gasteiger partial charge in [0.25, 0.3) is 0 Å². The van der Waals surface area contributed by atoms with Crippen molar-refractivity contribution in [2.45, 2.75) is 40.3 Å². The summed E-state index contributed by atoms with van der Waals surface area (Å²) in [6.07, 6.45) is 5.06. The molecule has 1 aromatic rings. The van der Waals surface area contributed by atoms with E-state index in [0.29, 0.717) is 0 Å². The lowest BCUT2D eigenvalue weighted by Crippen LogP contribution is -2.18. The number of hydrogen-bond acceptors (Lipinski definition) is 2. The molecule has 14 heavy (non-hydrogen) atoms. The molecule has 0 saturated carbocycles. The monoisotopic (exact) mass is 195 g/mol. The van der Waals surface area contributed by atoms with E-state index in [2.05, 4.69) is 35.6 Å². The topological polar surface area (TPSA) is 29.9 Å². The molecule has 0 bridgehead atoms. The van der Waals surface area contributed by atoms with Gasteiger partial charge in [0.1, 0.15) is 0 Å². The van der Waals surface area contributed by atoms with E-state index >= 15 is 0 Å². The van der Waals surface area contributed by atoms with Crippen molar-refractivity contribution in [1.29, 1.82) is 0 Å². The van der Waals surface area contributed by atoms with Crippen molar-refractivity contribution in [3.8, 4) is 0 Å². The van der Waals surface area contributed by atoms with Gasteiger partial charge in [0, 0.05) is 19.3 Å². The predicted octanol–water partition coefficient (Wildman–Crippen LogP) is 2.04. The smallest absolute Gasteiger partial charge is 0.0948 e. The van der Waals surface area contributed by atoms with Crippen LogP contribution < -0.4 is 5.32 Å². The molecule has 3 heteroatoms. The van der Waals surface area contributed by atoms with E-state index in [9.17, 15) is 0 Å². The minimum atomic E-state index is 0.776. The third-order valence-electron chi connectivity index (χ3n) is 2.34. The number of hydrogen-bond donors (Lipinski definition) is 1. The van der Waals surface area contributed by atoms with Crippen molar-refractivity contribution in [1.82, 2.24) is 14.9 Å². The zero-order valence-corrected chi connectivity index (χ0v) is 9.45. The van der Waals surface area contributed by atoms with E-state index in [1.54, 1.807) is 0 Å². The van der Waals surface area contributed by atoms with Gasteiger partial charge in [0.15, 0.2) is 0 Å². The summed E-state index contributed by atoms with van der Waals surface area (Å²) in [5.41, 5.74) is 1.27. The van der Waals surface area contributed by atoms with Gasteiger partial charge in [-0.2, -0.15) is 0 Å². The summed E-state index contributed by atoms with van der Waals surface area (Å²) < 4.78 is 2.17. The van der Waals surface area contributed by atoms with Crippen LogP contribution in [0.25, 0.3) is 0 Å². The predicted molar refractivity (Wildman–Crippen MR) is 59.1 cm³/mol. The van der Waals surface area contributed by atoms with Crippen molar-refractivity contribution in [2.75, 3.05) is 6.54 Å². The van der Waals surface area contributed by atoms with Crippen molar-refractivity contribution >= 4 is 0 Å². The fraction of sp³-hybridized carbons (Fsp3) is 0.727. The van der Waals surface area contributed by atoms with E-state index < -0.39 is 0 Å². The van der Waals surface area contributed by atoms with Gasteiger partial charge in [-0.25, -0.2) is 4.98 Å². The number of nitrogens with zero attached hydrogens (tertiary/aromatic N) is 2. The lowest BCUT2D eigenvalue weighted by molar-refractivity contribution is 0.528. The normalized spacial score (nSPS) is 11.1. The molecule has 0 radical (unpaired) electrons. The molecule has 0 aromatic carbocycles. The number of nitrogens with one attached hydrogen (secondary N) is 1. The Kier molecular flexibility index (Phi) is 4.66. The fourth-order valence-corrected chi connectivity index (χ4v) is 1.39. The molecule has 0 aliphatic rings. The van der Waals surface area contributed by atoms with Crippen LogP contribution >= 0.6 is 0 Å². The molecule has 0 fully saturated rings. The maximum Gasteiger partial charge on any atom is 0.0948 e. The van der Waals surface area contributed by atoms with Gasteiger partial charge in [-0.15, -0.1) is 0 Å². The molecule has 0 atom stereocenters. The summed E-state index contributed by atoms with van der Waals surface area (Å²) in [7, 11) is 0. The van der Waals surface area contributed by atoms with Gasteiger partial charge in [0.2, 0.25) is 0 Å². The number of aromatic nitrogens is 2. The van der Waals surface area contributed by atoms with Crippen LogP contribution in [-0.4, -0.2) is 16.1 Å². The maximum absolute atomic E-state index is 4.13. The highest BCUT2D eigenvalue weighted by Crippen LogP contribution is 2.00. The van der Waals surface area contributed by atoms with Gasteiger partial charge < -0.3 is 9.88 Å². The van der Waals surface area contributed by atoms with Crippen LogP contribution in [-0.2, 0) is 13.1 Å². The molecule has 1 rings (SSSR count). The summed E-state index contributed by atoms with van der Waals surface area (Å²) in [5.74, 6) is 0.776. The Morgan fingerprint density at radius 2 is 2.29 bits per heavy atom. The minimum absolute atomic E-state index is 0.776. The van der Waals surface area contributed by atoms with Crippen molar-refractivity contribution in [3.63, 3.8) is 0 Å². The van der Waals surface area contributed by atoms with E-state index in [1.165, 1.54) is 12.1 Å². The van der Waals surface area contributed by atoms with Crippen molar-refractivity contribution < 1.29 is 0 Å². The lowest BCUT2D eigenvalue weighted by atomic mass is 10.1. The van der Waals surface area contributed by atoms with Crippen LogP contribution in [0.1, 0.15) is 32.9 Å². The molecular formula is C11H21N3. The average Bonchev–Trinajstić information content (AvgIpc) is 2.59. The van der Waals surface area contributed by atoms with Crippen molar-refractivity contribution in [3.05, 3.63) is 18.2 Å². The molecule has 0 saturated heterocycles. The highest BCUT2D eigenvalue weighted by molar-refractivity contribution is 4.97. The highest BCUT2D eigenvalue weighted by atomic mass is 15.1. The number of rotatable bonds is 6. The Balaban J connectivity index is 2.24. The van der Waals surface area contributed by atoms with Gasteiger partial charge >= 0.3 is 0 Å². The van der Waals surface area contributed by atoms with E-state index in [1.807, 2.05) is 12.5 Å². The molecule has 0 aliphatic carbocycles. The van der Waals surface area contributed by atoms with Crippen LogP contribution in [0.5, 0.6) is 0 Å². The second kappa shape index (κ2) is 5.81. The number of aryl methyl sites for hydroxylation is 1. The first-order chi connectivity index (χ1) is 6.74. The van der Waals surface area contributed by atoms with Crippen LogP contribution in [0.15, 0.2) is 12.5 Å². The first-order valence-corrected chi connectivity index (χ1v) is 5.43. The molecule has 1 aromatic heterocycles. The van der Waals surface area contributed by atoms with E-state index in [0.717, 1.165) is 25.6 Å². The lowest BCUT2D eigenvalue weighted by Gasteiger charge is -2.08. The molecular weight excluding hydrogens is 174 g/mol. The minimum Gasteiger partial charge on any atom is -0.334 e. The highest BCUT2D eigenvalue weighted by Gasteiger charge is 1.99. The SMILES string of the molecule is CCn1cncc1CNCCC(C)C. The molecule has 3 nitrogen and oxygen atoms in total. The zero-order valence-electron chi connectivity index (χ0n) is 9.45. The third kappa shape index (κ3) is 3.50.